The van der Waals surface area contributed by atoms with Crippen LogP contribution in [-0.4, -0.2) is 52.4 Å². The van der Waals surface area contributed by atoms with Crippen LogP contribution in [0.4, 0.5) is 4.79 Å². The molecular formula is C18H31N3O3S2. The lowest BCUT2D eigenvalue weighted by Gasteiger charge is -2.16. The van der Waals surface area contributed by atoms with Gasteiger partial charge in [-0.1, -0.05) is 31.5 Å². The minimum absolute atomic E-state index is 0.0434. The van der Waals surface area contributed by atoms with Crippen LogP contribution in [0.1, 0.15) is 58.3 Å². The van der Waals surface area contributed by atoms with Crippen molar-refractivity contribution in [3.63, 3.8) is 0 Å². The Morgan fingerprint density at radius 3 is 2.77 bits per heavy atom. The zero-order chi connectivity index (χ0) is 18.8. The molecule has 0 spiro atoms. The maximum Gasteiger partial charge on any atom is 0.315 e. The van der Waals surface area contributed by atoms with Crippen LogP contribution in [0.2, 0.25) is 0 Å². The van der Waals surface area contributed by atoms with Crippen LogP contribution in [0.3, 0.4) is 0 Å². The van der Waals surface area contributed by atoms with Gasteiger partial charge in [-0.15, -0.1) is 0 Å². The van der Waals surface area contributed by atoms with Gasteiger partial charge >= 0.3 is 6.03 Å². The van der Waals surface area contributed by atoms with E-state index in [1.807, 2.05) is 18.7 Å². The first-order chi connectivity index (χ1) is 12.6. The maximum absolute atomic E-state index is 11.9. The second-order valence-corrected chi connectivity index (χ2v) is 9.43. The molecule has 0 aliphatic carbocycles. The lowest BCUT2D eigenvalue weighted by Crippen LogP contribution is -2.36. The molecule has 0 bridgehead atoms. The zero-order valence-electron chi connectivity index (χ0n) is 15.6. The Bertz CT molecular complexity index is 490. The Kier molecular flexibility index (Phi) is 9.67. The van der Waals surface area contributed by atoms with Gasteiger partial charge in [-0.05, 0) is 31.4 Å². The van der Waals surface area contributed by atoms with Gasteiger partial charge in [-0.25, -0.2) is 4.79 Å². The topological polar surface area (TPSA) is 87.3 Å². The maximum atomic E-state index is 11.9. The molecule has 0 radical (unpaired) electrons. The molecule has 0 aromatic carbocycles. The van der Waals surface area contributed by atoms with Crippen molar-refractivity contribution < 1.29 is 14.4 Å². The lowest BCUT2D eigenvalue weighted by atomic mass is 10.0. The molecule has 3 unspecified atom stereocenters. The lowest BCUT2D eigenvalue weighted by molar-refractivity contribution is -0.121. The molecular weight excluding hydrogens is 370 g/mol. The molecule has 6 nitrogen and oxygen atoms in total. The standard InChI is InChI=1S/C18H31N3O3S2/c1-2-25-16(23)10-4-3-7-11-19-15(22)9-6-5-8-14-17-13(12-26-14)20-18(24)21-17/h13-14,17H,2-12H2,1H3,(H,19,22)(H2,20,21,24). The van der Waals surface area contributed by atoms with Gasteiger partial charge in [0.2, 0.25) is 5.91 Å². The van der Waals surface area contributed by atoms with Crippen LogP contribution < -0.4 is 16.0 Å². The number of fused-ring (bicyclic) bond motifs is 1. The number of carbonyl (C=O) groups excluding carboxylic acids is 3. The van der Waals surface area contributed by atoms with Gasteiger partial charge in [0, 0.05) is 30.4 Å². The highest BCUT2D eigenvalue weighted by atomic mass is 32.2. The average Bonchev–Trinajstić information content (AvgIpc) is 3.14. The molecule has 0 aromatic rings. The van der Waals surface area contributed by atoms with Crippen LogP contribution in [0.25, 0.3) is 0 Å². The summed E-state index contributed by atoms with van der Waals surface area (Å²) < 4.78 is 0. The van der Waals surface area contributed by atoms with Crippen molar-refractivity contribution in [1.82, 2.24) is 16.0 Å². The summed E-state index contributed by atoms with van der Waals surface area (Å²) in [5.74, 6) is 1.95. The van der Waals surface area contributed by atoms with E-state index >= 15 is 0 Å². The molecule has 2 aliphatic heterocycles. The van der Waals surface area contributed by atoms with E-state index in [0.717, 1.165) is 50.0 Å². The third-order valence-corrected chi connectivity index (χ3v) is 7.09. The van der Waals surface area contributed by atoms with Gasteiger partial charge in [0.25, 0.3) is 0 Å². The van der Waals surface area contributed by atoms with E-state index in [4.69, 9.17) is 0 Å². The van der Waals surface area contributed by atoms with Crippen LogP contribution in [0.5, 0.6) is 0 Å². The Balaban J connectivity index is 1.42. The summed E-state index contributed by atoms with van der Waals surface area (Å²) in [6.45, 7) is 2.69. The minimum atomic E-state index is -0.0434. The second kappa shape index (κ2) is 11.7. The molecule has 2 rings (SSSR count). The van der Waals surface area contributed by atoms with Crippen LogP contribution in [0, 0.1) is 0 Å². The summed E-state index contributed by atoms with van der Waals surface area (Å²) in [6, 6.07) is 0.485. The Labute approximate surface area is 164 Å². The van der Waals surface area contributed by atoms with E-state index in [-0.39, 0.29) is 29.1 Å². The summed E-state index contributed by atoms with van der Waals surface area (Å²) in [5.41, 5.74) is 0. The first-order valence-corrected chi connectivity index (χ1v) is 11.7. The van der Waals surface area contributed by atoms with Crippen LogP contribution in [0.15, 0.2) is 0 Å². The van der Waals surface area contributed by atoms with Gasteiger partial charge in [-0.2, -0.15) is 11.8 Å². The van der Waals surface area contributed by atoms with E-state index in [2.05, 4.69) is 16.0 Å². The molecule has 3 atom stereocenters. The van der Waals surface area contributed by atoms with Crippen molar-refractivity contribution in [2.75, 3.05) is 18.1 Å². The molecule has 2 fully saturated rings. The number of amides is 3. The normalized spacial score (nSPS) is 24.0. The molecule has 8 heteroatoms. The summed E-state index contributed by atoms with van der Waals surface area (Å²) in [4.78, 5) is 34.6. The first-order valence-electron chi connectivity index (χ1n) is 9.71. The fourth-order valence-corrected chi connectivity index (χ4v) is 5.55. The van der Waals surface area contributed by atoms with Crippen molar-refractivity contribution in [3.05, 3.63) is 0 Å². The molecule has 2 heterocycles. The van der Waals surface area contributed by atoms with E-state index in [1.165, 1.54) is 11.8 Å². The third kappa shape index (κ3) is 7.39. The quantitative estimate of drug-likeness (QED) is 0.346. The number of rotatable bonds is 12. The number of nitrogens with one attached hydrogen (secondary N) is 3. The number of thioether (sulfide) groups is 2. The molecule has 3 amide bonds. The summed E-state index contributed by atoms with van der Waals surface area (Å²) >= 11 is 3.31. The highest BCUT2D eigenvalue weighted by Gasteiger charge is 2.42. The van der Waals surface area contributed by atoms with Gasteiger partial charge in [0.1, 0.15) is 0 Å². The Morgan fingerprint density at radius 1 is 1.15 bits per heavy atom. The molecule has 26 heavy (non-hydrogen) atoms. The summed E-state index contributed by atoms with van der Waals surface area (Å²) in [7, 11) is 0. The number of hydrogen-bond donors (Lipinski definition) is 3. The van der Waals surface area contributed by atoms with Gasteiger partial charge in [0.15, 0.2) is 5.12 Å². The van der Waals surface area contributed by atoms with E-state index in [1.54, 1.807) is 0 Å². The molecule has 148 valence electrons. The predicted molar refractivity (Wildman–Crippen MR) is 109 cm³/mol. The summed E-state index contributed by atoms with van der Waals surface area (Å²) in [5, 5.41) is 9.66. The Hall–Kier alpha value is -0.890. The van der Waals surface area contributed by atoms with Crippen molar-refractivity contribution in [2.45, 2.75) is 75.6 Å². The smallest absolute Gasteiger partial charge is 0.315 e. The largest absolute Gasteiger partial charge is 0.356 e. The SMILES string of the molecule is CCSC(=O)CCCCCNC(=O)CCCCC1SCC2NC(=O)NC21. The van der Waals surface area contributed by atoms with Crippen LogP contribution >= 0.6 is 23.5 Å². The summed E-state index contributed by atoms with van der Waals surface area (Å²) in [6.07, 6.45) is 7.00. The van der Waals surface area contributed by atoms with Gasteiger partial charge in [0.05, 0.1) is 12.1 Å². The molecule has 0 saturated carbocycles. The monoisotopic (exact) mass is 401 g/mol. The number of urea groups is 1. The van der Waals surface area contributed by atoms with Crippen molar-refractivity contribution in [3.8, 4) is 0 Å². The van der Waals surface area contributed by atoms with Crippen molar-refractivity contribution in [2.24, 2.45) is 0 Å². The van der Waals surface area contributed by atoms with Crippen molar-refractivity contribution in [1.29, 1.82) is 0 Å². The second-order valence-electron chi connectivity index (χ2n) is 6.83. The number of hydrogen-bond acceptors (Lipinski definition) is 5. The molecule has 2 aliphatic rings. The fraction of sp³-hybridized carbons (Fsp3) is 0.833. The molecule has 0 aromatic heterocycles. The van der Waals surface area contributed by atoms with Crippen LogP contribution in [-0.2, 0) is 9.59 Å². The molecule has 3 N–H and O–H groups in total. The predicted octanol–water partition coefficient (Wildman–Crippen LogP) is 2.67. The molecule has 2 saturated heterocycles. The van der Waals surface area contributed by atoms with Gasteiger partial charge in [-0.3, -0.25) is 9.59 Å². The van der Waals surface area contributed by atoms with Crippen molar-refractivity contribution >= 4 is 40.6 Å². The van der Waals surface area contributed by atoms with E-state index in [9.17, 15) is 14.4 Å². The zero-order valence-corrected chi connectivity index (χ0v) is 17.2. The highest BCUT2D eigenvalue weighted by Crippen LogP contribution is 2.33. The van der Waals surface area contributed by atoms with E-state index < -0.39 is 0 Å². The average molecular weight is 402 g/mol. The van der Waals surface area contributed by atoms with E-state index in [0.29, 0.717) is 24.6 Å². The fourth-order valence-electron chi connectivity index (χ4n) is 3.39. The highest BCUT2D eigenvalue weighted by molar-refractivity contribution is 8.13. The van der Waals surface area contributed by atoms with Gasteiger partial charge < -0.3 is 16.0 Å². The number of carbonyl (C=O) groups is 3. The Morgan fingerprint density at radius 2 is 1.96 bits per heavy atom. The first kappa shape index (κ1) is 21.4. The number of unbranched alkanes of at least 4 members (excludes halogenated alkanes) is 3. The minimum Gasteiger partial charge on any atom is -0.356 e. The third-order valence-electron chi connectivity index (χ3n) is 4.77.